The molecule has 0 N–H and O–H groups in total. The zero-order chi connectivity index (χ0) is 36.2. The molecule has 0 fully saturated rings. The van der Waals surface area contributed by atoms with E-state index in [1.807, 2.05) is 12.4 Å². The minimum atomic E-state index is -0.460. The largest absolute Gasteiger partial charge is 0.309 e. The number of aromatic nitrogens is 3. The number of rotatable bonds is 7. The van der Waals surface area contributed by atoms with Crippen molar-refractivity contribution >= 4 is 21.8 Å². The molecule has 0 saturated carbocycles. The fourth-order valence-electron chi connectivity index (χ4n) is 8.90. The van der Waals surface area contributed by atoms with E-state index in [2.05, 4.69) is 188 Å². The molecule has 2 aromatic heterocycles. The Bertz CT molecular complexity index is 2710. The molecule has 0 unspecified atom stereocenters. The summed E-state index contributed by atoms with van der Waals surface area (Å²) in [6.07, 6.45) is 5.00. The van der Waals surface area contributed by atoms with Crippen LogP contribution in [0.2, 0.25) is 0 Å². The van der Waals surface area contributed by atoms with Crippen molar-refractivity contribution in [3.05, 3.63) is 210 Å². The Morgan fingerprint density at radius 2 is 1.07 bits per heavy atom. The van der Waals surface area contributed by atoms with Gasteiger partial charge in [0.2, 0.25) is 0 Å². The minimum Gasteiger partial charge on any atom is -0.309 e. The Morgan fingerprint density at radius 1 is 0.500 bits per heavy atom. The molecule has 10 rings (SSSR count). The number of hydrogen-bond donors (Lipinski definition) is 0. The molecule has 0 aliphatic heterocycles. The van der Waals surface area contributed by atoms with Crippen molar-refractivity contribution in [2.45, 2.75) is 25.7 Å². The van der Waals surface area contributed by atoms with E-state index in [4.69, 9.17) is 9.97 Å². The number of benzene rings is 7. The Morgan fingerprint density at radius 3 is 1.69 bits per heavy atom. The van der Waals surface area contributed by atoms with Crippen molar-refractivity contribution in [3.8, 4) is 39.3 Å². The maximum atomic E-state index is 4.91. The SMILES string of the molecule is CC(C)Cc1ccc(C2(c3cccc(-c4cnc(-c5ccc(-n6c7ccccc7c7ccccc76)cc5)nc4)c3)c3ccccc3-c3ccccc32)cc1. The summed E-state index contributed by atoms with van der Waals surface area (Å²) in [7, 11) is 0. The molecule has 0 atom stereocenters. The molecule has 1 aliphatic carbocycles. The van der Waals surface area contributed by atoms with Crippen LogP contribution < -0.4 is 0 Å². The molecule has 2 heterocycles. The van der Waals surface area contributed by atoms with E-state index in [0.29, 0.717) is 11.7 Å². The topological polar surface area (TPSA) is 30.7 Å². The van der Waals surface area contributed by atoms with Crippen molar-refractivity contribution in [1.82, 2.24) is 14.5 Å². The summed E-state index contributed by atoms with van der Waals surface area (Å²) in [4.78, 5) is 9.81. The molecular formula is C51H39N3. The molecule has 258 valence electrons. The smallest absolute Gasteiger partial charge is 0.159 e. The highest BCUT2D eigenvalue weighted by molar-refractivity contribution is 6.09. The molecule has 54 heavy (non-hydrogen) atoms. The molecule has 0 saturated heterocycles. The van der Waals surface area contributed by atoms with Gasteiger partial charge in [0, 0.05) is 40.0 Å². The lowest BCUT2D eigenvalue weighted by Gasteiger charge is -2.34. The number of hydrogen-bond acceptors (Lipinski definition) is 2. The zero-order valence-corrected chi connectivity index (χ0v) is 30.4. The van der Waals surface area contributed by atoms with E-state index in [0.717, 1.165) is 28.8 Å². The van der Waals surface area contributed by atoms with Gasteiger partial charge in [0.25, 0.3) is 0 Å². The van der Waals surface area contributed by atoms with Crippen molar-refractivity contribution in [2.24, 2.45) is 5.92 Å². The van der Waals surface area contributed by atoms with Gasteiger partial charge in [0.15, 0.2) is 5.82 Å². The van der Waals surface area contributed by atoms with Crippen LogP contribution in [0.1, 0.15) is 41.7 Å². The van der Waals surface area contributed by atoms with E-state index in [9.17, 15) is 0 Å². The average Bonchev–Trinajstić information content (AvgIpc) is 3.72. The van der Waals surface area contributed by atoms with Crippen LogP contribution in [0.3, 0.4) is 0 Å². The third kappa shape index (κ3) is 5.03. The first-order valence-corrected chi connectivity index (χ1v) is 18.9. The Hall–Kier alpha value is -6.58. The van der Waals surface area contributed by atoms with Crippen LogP contribution in [0.4, 0.5) is 0 Å². The predicted molar refractivity (Wildman–Crippen MR) is 223 cm³/mol. The van der Waals surface area contributed by atoms with Crippen LogP contribution in [0.15, 0.2) is 182 Å². The van der Waals surface area contributed by atoms with Crippen molar-refractivity contribution in [2.75, 3.05) is 0 Å². The van der Waals surface area contributed by atoms with E-state index in [1.54, 1.807) is 0 Å². The van der Waals surface area contributed by atoms with Gasteiger partial charge in [-0.25, -0.2) is 9.97 Å². The molecule has 3 nitrogen and oxygen atoms in total. The summed E-state index contributed by atoms with van der Waals surface area (Å²) in [5, 5.41) is 2.51. The van der Waals surface area contributed by atoms with Crippen LogP contribution in [-0.2, 0) is 11.8 Å². The summed E-state index contributed by atoms with van der Waals surface area (Å²) < 4.78 is 2.33. The molecule has 7 aromatic carbocycles. The molecule has 0 bridgehead atoms. The van der Waals surface area contributed by atoms with Crippen LogP contribution in [0, 0.1) is 5.92 Å². The van der Waals surface area contributed by atoms with E-state index < -0.39 is 5.41 Å². The number of fused-ring (bicyclic) bond motifs is 6. The number of para-hydroxylation sites is 2. The van der Waals surface area contributed by atoms with E-state index >= 15 is 0 Å². The first-order valence-electron chi connectivity index (χ1n) is 18.9. The summed E-state index contributed by atoms with van der Waals surface area (Å²) >= 11 is 0. The maximum Gasteiger partial charge on any atom is 0.159 e. The van der Waals surface area contributed by atoms with Gasteiger partial charge in [0.1, 0.15) is 0 Å². The molecule has 3 heteroatoms. The minimum absolute atomic E-state index is 0.460. The molecule has 9 aromatic rings. The van der Waals surface area contributed by atoms with Gasteiger partial charge < -0.3 is 4.57 Å². The quantitative estimate of drug-likeness (QED) is 0.166. The van der Waals surface area contributed by atoms with Gasteiger partial charge in [-0.15, -0.1) is 0 Å². The van der Waals surface area contributed by atoms with Gasteiger partial charge in [0.05, 0.1) is 16.4 Å². The van der Waals surface area contributed by atoms with Crippen LogP contribution >= 0.6 is 0 Å². The van der Waals surface area contributed by atoms with E-state index in [-0.39, 0.29) is 0 Å². The first-order chi connectivity index (χ1) is 26.6. The van der Waals surface area contributed by atoms with Crippen molar-refractivity contribution in [3.63, 3.8) is 0 Å². The summed E-state index contributed by atoms with van der Waals surface area (Å²) in [6, 6.07) is 62.0. The fraction of sp³-hybridized carbons (Fsp3) is 0.0980. The van der Waals surface area contributed by atoms with Crippen molar-refractivity contribution < 1.29 is 0 Å². The second kappa shape index (κ2) is 12.8. The third-order valence-electron chi connectivity index (χ3n) is 11.2. The van der Waals surface area contributed by atoms with Crippen LogP contribution in [0.25, 0.3) is 61.1 Å². The Balaban J connectivity index is 1.03. The van der Waals surface area contributed by atoms with Crippen molar-refractivity contribution in [1.29, 1.82) is 0 Å². The highest BCUT2D eigenvalue weighted by Crippen LogP contribution is 2.56. The lowest BCUT2D eigenvalue weighted by atomic mass is 9.67. The van der Waals surface area contributed by atoms with Gasteiger partial charge in [-0.05, 0) is 99.3 Å². The summed E-state index contributed by atoms with van der Waals surface area (Å²) in [6.45, 7) is 4.56. The average molecular weight is 694 g/mol. The Kier molecular flexibility index (Phi) is 7.62. The number of nitrogens with zero attached hydrogens (tertiary/aromatic N) is 3. The van der Waals surface area contributed by atoms with Gasteiger partial charge in [-0.2, -0.15) is 0 Å². The second-order valence-corrected chi connectivity index (χ2v) is 14.9. The maximum absolute atomic E-state index is 4.91. The highest BCUT2D eigenvalue weighted by atomic mass is 15.0. The molecular weight excluding hydrogens is 655 g/mol. The fourth-order valence-corrected chi connectivity index (χ4v) is 8.90. The Labute approximate surface area is 316 Å². The molecule has 0 radical (unpaired) electrons. The van der Waals surface area contributed by atoms with Crippen LogP contribution in [-0.4, -0.2) is 14.5 Å². The van der Waals surface area contributed by atoms with Gasteiger partial charge in [-0.3, -0.25) is 0 Å². The first kappa shape index (κ1) is 32.1. The summed E-state index contributed by atoms with van der Waals surface area (Å²) in [5.74, 6) is 1.31. The lowest BCUT2D eigenvalue weighted by molar-refractivity contribution is 0.646. The van der Waals surface area contributed by atoms with E-state index in [1.165, 1.54) is 60.8 Å². The normalized spacial score (nSPS) is 13.0. The second-order valence-electron chi connectivity index (χ2n) is 14.9. The monoisotopic (exact) mass is 693 g/mol. The molecule has 0 amide bonds. The third-order valence-corrected chi connectivity index (χ3v) is 11.2. The van der Waals surface area contributed by atoms with Crippen LogP contribution in [0.5, 0.6) is 0 Å². The molecule has 1 aliphatic rings. The standard InChI is InChI=1S/C51H39N3/c1-34(2)30-35-22-26-39(27-23-35)51(46-18-7-3-14-42(46)43-15-4-8-19-47(43)51)40-13-11-12-37(31-40)38-32-52-50(53-33-38)36-24-28-41(29-25-36)54-48-20-9-5-16-44(48)45-17-6-10-21-49(45)54/h3-29,31-34H,30H2,1-2H3. The predicted octanol–water partition coefficient (Wildman–Crippen LogP) is 12.5. The van der Waals surface area contributed by atoms with Gasteiger partial charge in [-0.1, -0.05) is 141 Å². The summed E-state index contributed by atoms with van der Waals surface area (Å²) in [5.41, 5.74) is 15.2. The lowest BCUT2D eigenvalue weighted by Crippen LogP contribution is -2.28. The zero-order valence-electron chi connectivity index (χ0n) is 30.4. The highest BCUT2D eigenvalue weighted by Gasteiger charge is 2.46. The molecule has 0 spiro atoms. The van der Waals surface area contributed by atoms with Gasteiger partial charge >= 0.3 is 0 Å².